The lowest BCUT2D eigenvalue weighted by Gasteiger charge is -2.20. The first-order valence-corrected chi connectivity index (χ1v) is 11.3. The molecule has 0 bridgehead atoms. The molecule has 0 saturated carbocycles. The van der Waals surface area contributed by atoms with Crippen LogP contribution < -0.4 is 10.6 Å². The van der Waals surface area contributed by atoms with E-state index in [9.17, 15) is 0 Å². The molecule has 1 saturated heterocycles. The Morgan fingerprint density at radius 1 is 1.07 bits per heavy atom. The zero-order valence-electron chi connectivity index (χ0n) is 17.6. The molecule has 2 N–H and O–H groups in total. The molecule has 0 spiro atoms. The number of aliphatic imine (C=N–C) groups is 1. The number of guanidine groups is 1. The van der Waals surface area contributed by atoms with Gasteiger partial charge in [-0.15, -0.1) is 35.3 Å². The minimum absolute atomic E-state index is 0. The van der Waals surface area contributed by atoms with Gasteiger partial charge < -0.3 is 10.6 Å². The second-order valence-corrected chi connectivity index (χ2v) is 8.53. The minimum atomic E-state index is 0. The molecule has 5 nitrogen and oxygen atoms in total. The van der Waals surface area contributed by atoms with Crippen LogP contribution in [0, 0.1) is 6.92 Å². The molecule has 160 valence electrons. The van der Waals surface area contributed by atoms with E-state index in [2.05, 4.69) is 55.2 Å². The summed E-state index contributed by atoms with van der Waals surface area (Å²) >= 11 is 1.70. The molecule has 0 amide bonds. The van der Waals surface area contributed by atoms with Gasteiger partial charge in [-0.05, 0) is 44.0 Å². The number of likely N-dealkylation sites (tertiary alicyclic amines) is 1. The normalized spacial score (nSPS) is 15.4. The molecule has 1 aliphatic heterocycles. The Morgan fingerprint density at radius 2 is 1.76 bits per heavy atom. The maximum Gasteiger partial charge on any atom is 0.191 e. The number of nitrogens with one attached hydrogen (secondary N) is 2. The number of aromatic nitrogens is 1. The van der Waals surface area contributed by atoms with Crippen LogP contribution in [0.5, 0.6) is 0 Å². The third-order valence-corrected chi connectivity index (χ3v) is 5.97. The number of benzene rings is 1. The minimum Gasteiger partial charge on any atom is -0.356 e. The summed E-state index contributed by atoms with van der Waals surface area (Å²) < 4.78 is 0. The van der Waals surface area contributed by atoms with Gasteiger partial charge in [-0.25, -0.2) is 4.98 Å². The molecule has 29 heavy (non-hydrogen) atoms. The number of thiazole rings is 1. The standard InChI is InChI=1S/C22H33N5S.HI/c1-18-26-21(17-28-18)11-12-24-22(23-2)25-15-19-7-9-20(10-8-19)16-27-13-5-3-4-6-14-27;/h7-10,17H,3-6,11-16H2,1-2H3,(H2,23,24,25);1H. The summed E-state index contributed by atoms with van der Waals surface area (Å²) in [7, 11) is 1.81. The van der Waals surface area contributed by atoms with Gasteiger partial charge in [-0.2, -0.15) is 0 Å². The zero-order chi connectivity index (χ0) is 19.6. The van der Waals surface area contributed by atoms with Gasteiger partial charge in [0, 0.05) is 38.5 Å². The summed E-state index contributed by atoms with van der Waals surface area (Å²) in [5.41, 5.74) is 3.83. The van der Waals surface area contributed by atoms with E-state index >= 15 is 0 Å². The zero-order valence-corrected chi connectivity index (χ0v) is 20.8. The van der Waals surface area contributed by atoms with Crippen LogP contribution in [0.25, 0.3) is 0 Å². The number of nitrogens with zero attached hydrogens (tertiary/aromatic N) is 3. The average molecular weight is 528 g/mol. The Morgan fingerprint density at radius 3 is 2.38 bits per heavy atom. The first kappa shape index (κ1) is 24.1. The summed E-state index contributed by atoms with van der Waals surface area (Å²) in [4.78, 5) is 11.4. The fourth-order valence-electron chi connectivity index (χ4n) is 3.55. The number of hydrogen-bond donors (Lipinski definition) is 2. The Balaban J connectivity index is 0.00000300. The molecular formula is C22H34IN5S. The van der Waals surface area contributed by atoms with Gasteiger partial charge in [0.25, 0.3) is 0 Å². The molecule has 3 rings (SSSR count). The summed E-state index contributed by atoms with van der Waals surface area (Å²) in [5, 5.41) is 10.0. The molecule has 1 aromatic carbocycles. The van der Waals surface area contributed by atoms with Crippen molar-refractivity contribution < 1.29 is 0 Å². The van der Waals surface area contributed by atoms with E-state index < -0.39 is 0 Å². The van der Waals surface area contributed by atoms with Crippen molar-refractivity contribution in [1.29, 1.82) is 0 Å². The molecule has 2 aromatic rings. The van der Waals surface area contributed by atoms with Crippen LogP contribution in [0.1, 0.15) is 47.5 Å². The molecular weight excluding hydrogens is 493 g/mol. The highest BCUT2D eigenvalue weighted by Crippen LogP contribution is 2.14. The molecule has 1 aliphatic rings. The fraction of sp³-hybridized carbons (Fsp3) is 0.545. The lowest BCUT2D eigenvalue weighted by atomic mass is 10.1. The smallest absolute Gasteiger partial charge is 0.191 e. The maximum atomic E-state index is 4.50. The molecule has 0 atom stereocenters. The van der Waals surface area contributed by atoms with Gasteiger partial charge in [-0.1, -0.05) is 37.1 Å². The summed E-state index contributed by atoms with van der Waals surface area (Å²) in [5.74, 6) is 0.834. The highest BCUT2D eigenvalue weighted by atomic mass is 127. The van der Waals surface area contributed by atoms with Gasteiger partial charge in [0.2, 0.25) is 0 Å². The Hall–Kier alpha value is -1.19. The van der Waals surface area contributed by atoms with Gasteiger partial charge in [0.15, 0.2) is 5.96 Å². The van der Waals surface area contributed by atoms with E-state index in [0.29, 0.717) is 0 Å². The molecule has 0 radical (unpaired) electrons. The Labute approximate surface area is 196 Å². The molecule has 7 heteroatoms. The predicted molar refractivity (Wildman–Crippen MR) is 134 cm³/mol. The third kappa shape index (κ3) is 8.60. The van der Waals surface area contributed by atoms with Crippen LogP contribution in [0.4, 0.5) is 0 Å². The van der Waals surface area contributed by atoms with E-state index in [0.717, 1.165) is 42.7 Å². The lowest BCUT2D eigenvalue weighted by molar-refractivity contribution is 0.277. The predicted octanol–water partition coefficient (Wildman–Crippen LogP) is 4.35. The monoisotopic (exact) mass is 527 g/mol. The van der Waals surface area contributed by atoms with Crippen LogP contribution in [0.15, 0.2) is 34.6 Å². The lowest BCUT2D eigenvalue weighted by Crippen LogP contribution is -2.37. The van der Waals surface area contributed by atoms with Crippen LogP contribution in [-0.4, -0.2) is 42.5 Å². The van der Waals surface area contributed by atoms with Crippen molar-refractivity contribution in [3.8, 4) is 0 Å². The van der Waals surface area contributed by atoms with E-state index in [1.54, 1.807) is 11.3 Å². The van der Waals surface area contributed by atoms with Crippen molar-refractivity contribution in [1.82, 2.24) is 20.5 Å². The number of halogens is 1. The highest BCUT2D eigenvalue weighted by molar-refractivity contribution is 14.0. The number of aryl methyl sites for hydroxylation is 1. The molecule has 1 fully saturated rings. The molecule has 1 aromatic heterocycles. The second-order valence-electron chi connectivity index (χ2n) is 7.47. The topological polar surface area (TPSA) is 52.6 Å². The maximum absolute atomic E-state index is 4.50. The Bertz CT molecular complexity index is 736. The first-order chi connectivity index (χ1) is 13.7. The summed E-state index contributed by atoms with van der Waals surface area (Å²) in [6.07, 6.45) is 6.38. The Kier molecular flexibility index (Phi) is 10.9. The van der Waals surface area contributed by atoms with Crippen LogP contribution in [0.2, 0.25) is 0 Å². The highest BCUT2D eigenvalue weighted by Gasteiger charge is 2.09. The van der Waals surface area contributed by atoms with Gasteiger partial charge in [0.1, 0.15) is 0 Å². The van der Waals surface area contributed by atoms with Crippen molar-refractivity contribution >= 4 is 41.3 Å². The molecule has 0 aliphatic carbocycles. The van der Waals surface area contributed by atoms with Crippen molar-refractivity contribution in [3.63, 3.8) is 0 Å². The second kappa shape index (κ2) is 13.2. The van der Waals surface area contributed by atoms with E-state index in [4.69, 9.17) is 0 Å². The van der Waals surface area contributed by atoms with Crippen molar-refractivity contribution in [2.45, 2.75) is 52.1 Å². The van der Waals surface area contributed by atoms with Crippen LogP contribution >= 0.6 is 35.3 Å². The van der Waals surface area contributed by atoms with Crippen LogP contribution in [0.3, 0.4) is 0 Å². The quantitative estimate of drug-likeness (QED) is 0.320. The number of hydrogen-bond acceptors (Lipinski definition) is 4. The van der Waals surface area contributed by atoms with Crippen molar-refractivity contribution in [3.05, 3.63) is 51.5 Å². The third-order valence-electron chi connectivity index (χ3n) is 5.15. The van der Waals surface area contributed by atoms with Gasteiger partial charge in [-0.3, -0.25) is 9.89 Å². The van der Waals surface area contributed by atoms with Crippen molar-refractivity contribution in [2.75, 3.05) is 26.7 Å². The summed E-state index contributed by atoms with van der Waals surface area (Å²) in [6.45, 7) is 7.21. The van der Waals surface area contributed by atoms with E-state index in [1.807, 2.05) is 14.0 Å². The van der Waals surface area contributed by atoms with Gasteiger partial charge >= 0.3 is 0 Å². The SMILES string of the molecule is CN=C(NCCc1csc(C)n1)NCc1ccc(CN2CCCCCC2)cc1.I. The largest absolute Gasteiger partial charge is 0.356 e. The van der Waals surface area contributed by atoms with Crippen LogP contribution in [-0.2, 0) is 19.5 Å². The fourth-order valence-corrected chi connectivity index (χ4v) is 4.20. The van der Waals surface area contributed by atoms with Gasteiger partial charge in [0.05, 0.1) is 10.7 Å². The first-order valence-electron chi connectivity index (χ1n) is 10.4. The number of rotatable bonds is 7. The van der Waals surface area contributed by atoms with E-state index in [-0.39, 0.29) is 24.0 Å². The van der Waals surface area contributed by atoms with Crippen molar-refractivity contribution in [2.24, 2.45) is 4.99 Å². The molecule has 2 heterocycles. The average Bonchev–Trinajstić information content (AvgIpc) is 2.96. The van der Waals surface area contributed by atoms with E-state index in [1.165, 1.54) is 49.9 Å². The molecule has 0 unspecified atom stereocenters. The summed E-state index contributed by atoms with van der Waals surface area (Å²) in [6, 6.07) is 8.99.